The van der Waals surface area contributed by atoms with Gasteiger partial charge in [0.25, 0.3) is 0 Å². The van der Waals surface area contributed by atoms with Gasteiger partial charge in [0, 0.05) is 11.1 Å². The van der Waals surface area contributed by atoms with E-state index in [4.69, 9.17) is 4.74 Å². The van der Waals surface area contributed by atoms with Crippen molar-refractivity contribution in [2.75, 3.05) is 7.11 Å². The van der Waals surface area contributed by atoms with Crippen LogP contribution in [-0.4, -0.2) is 24.3 Å². The van der Waals surface area contributed by atoms with Gasteiger partial charge in [-0.15, -0.1) is 0 Å². The summed E-state index contributed by atoms with van der Waals surface area (Å²) in [6.45, 7) is 1.92. The maximum Gasteiger partial charge on any atom is 0.234 e. The number of nitrogens with zero attached hydrogens (tertiary/aromatic N) is 2. The number of ketones is 1. The topological polar surface area (TPSA) is 51.0 Å². The summed E-state index contributed by atoms with van der Waals surface area (Å²) in [6.07, 6.45) is 3.38. The molecule has 1 aromatic carbocycles. The fourth-order valence-electron chi connectivity index (χ4n) is 2.27. The Morgan fingerprint density at radius 3 is 2.50 bits per heavy atom. The summed E-state index contributed by atoms with van der Waals surface area (Å²) in [5, 5.41) is 0. The first kappa shape index (κ1) is 14.7. The summed E-state index contributed by atoms with van der Waals surface area (Å²) in [4.78, 5) is 21.0. The molecule has 3 rings (SSSR count). The minimum atomic E-state index is -0.183. The molecule has 0 atom stereocenters. The molecule has 0 spiro atoms. The van der Waals surface area contributed by atoms with E-state index >= 15 is 0 Å². The predicted molar refractivity (Wildman–Crippen MR) is 90.2 cm³/mol. The second kappa shape index (κ2) is 5.85. The van der Waals surface area contributed by atoms with Crippen LogP contribution < -0.4 is 0 Å². The molecule has 0 amide bonds. The van der Waals surface area contributed by atoms with Crippen LogP contribution in [0.5, 0.6) is 0 Å². The number of halogens is 1. The minimum absolute atomic E-state index is 0.183. The molecule has 1 aliphatic heterocycles. The van der Waals surface area contributed by atoms with Gasteiger partial charge in [-0.1, -0.05) is 30.3 Å². The predicted octanol–water partition coefficient (Wildman–Crippen LogP) is 3.55. The van der Waals surface area contributed by atoms with E-state index in [-0.39, 0.29) is 11.5 Å². The summed E-state index contributed by atoms with van der Waals surface area (Å²) >= 11 is 3.26. The van der Waals surface area contributed by atoms with Crippen molar-refractivity contribution in [2.24, 2.45) is 9.98 Å². The lowest BCUT2D eigenvalue weighted by Gasteiger charge is -2.10. The summed E-state index contributed by atoms with van der Waals surface area (Å²) in [5.41, 5.74) is 3.46. The van der Waals surface area contributed by atoms with Gasteiger partial charge < -0.3 is 4.74 Å². The minimum Gasteiger partial charge on any atom is -0.493 e. The Morgan fingerprint density at radius 2 is 1.82 bits per heavy atom. The molecule has 0 aromatic heterocycles. The van der Waals surface area contributed by atoms with E-state index in [0.717, 1.165) is 22.6 Å². The number of carbonyl (C=O) groups excluding carboxylic acids is 1. The molecule has 5 heteroatoms. The third-order valence-corrected chi connectivity index (χ3v) is 3.96. The number of hydrogen-bond acceptors (Lipinski definition) is 4. The normalized spacial score (nSPS) is 21.1. The van der Waals surface area contributed by atoms with Gasteiger partial charge in [-0.3, -0.25) is 4.79 Å². The standard InChI is InChI=1S/C17H13BrN2O2/c1-10-15(11-6-4-3-5-7-11)20-17(19-10)12-8-13(18)16(21)14(9-12)22-2/h3-9H,1-2H3/b17-12-. The molecular formula is C17H13BrN2O2. The molecule has 0 unspecified atom stereocenters. The van der Waals surface area contributed by atoms with E-state index in [1.807, 2.05) is 37.3 Å². The Hall–Kier alpha value is -2.27. The van der Waals surface area contributed by atoms with Gasteiger partial charge >= 0.3 is 0 Å². The zero-order valence-electron chi connectivity index (χ0n) is 12.1. The van der Waals surface area contributed by atoms with Crippen LogP contribution in [0.1, 0.15) is 12.5 Å². The summed E-state index contributed by atoms with van der Waals surface area (Å²) in [6, 6.07) is 9.89. The van der Waals surface area contributed by atoms with Crippen LogP contribution in [0.2, 0.25) is 0 Å². The van der Waals surface area contributed by atoms with Crippen LogP contribution in [0.25, 0.3) is 0 Å². The van der Waals surface area contributed by atoms with E-state index in [0.29, 0.717) is 10.3 Å². The fraction of sp³-hybridized carbons (Fsp3) is 0.118. The molecule has 0 saturated carbocycles. The van der Waals surface area contributed by atoms with Crippen LogP contribution in [0.4, 0.5) is 0 Å². The number of ether oxygens (including phenoxy) is 1. The third kappa shape index (κ3) is 2.60. The molecule has 1 aliphatic carbocycles. The lowest BCUT2D eigenvalue weighted by molar-refractivity contribution is -0.114. The van der Waals surface area contributed by atoms with Crippen molar-refractivity contribution in [1.29, 1.82) is 0 Å². The van der Waals surface area contributed by atoms with Crippen molar-refractivity contribution in [1.82, 2.24) is 0 Å². The van der Waals surface area contributed by atoms with E-state index in [1.165, 1.54) is 7.11 Å². The Morgan fingerprint density at radius 1 is 1.09 bits per heavy atom. The molecule has 2 aliphatic rings. The first-order valence-electron chi connectivity index (χ1n) is 6.72. The van der Waals surface area contributed by atoms with Crippen molar-refractivity contribution in [3.05, 3.63) is 69.7 Å². The molecule has 0 radical (unpaired) electrons. The molecule has 0 N–H and O–H groups in total. The van der Waals surface area contributed by atoms with Gasteiger partial charge in [0.1, 0.15) is 0 Å². The lowest BCUT2D eigenvalue weighted by Crippen LogP contribution is -2.09. The number of allylic oxidation sites excluding steroid dienone is 4. The van der Waals surface area contributed by atoms with Gasteiger partial charge in [-0.25, -0.2) is 9.98 Å². The SMILES string of the molecule is COC1=C/C(=C2/N=C(C)C(c3ccccc3)=N2)C=C(Br)C1=O. The van der Waals surface area contributed by atoms with E-state index in [1.54, 1.807) is 12.2 Å². The summed E-state index contributed by atoms with van der Waals surface area (Å²) in [5.74, 6) is 0.668. The highest BCUT2D eigenvalue weighted by Crippen LogP contribution is 2.28. The van der Waals surface area contributed by atoms with Crippen molar-refractivity contribution >= 4 is 33.1 Å². The second-order valence-corrected chi connectivity index (χ2v) is 5.69. The van der Waals surface area contributed by atoms with Gasteiger partial charge in [0.15, 0.2) is 11.6 Å². The van der Waals surface area contributed by atoms with E-state index in [2.05, 4.69) is 25.9 Å². The Kier molecular flexibility index (Phi) is 3.90. The quantitative estimate of drug-likeness (QED) is 0.813. The van der Waals surface area contributed by atoms with Crippen LogP contribution in [0.3, 0.4) is 0 Å². The van der Waals surface area contributed by atoms with Crippen LogP contribution >= 0.6 is 15.9 Å². The summed E-state index contributed by atoms with van der Waals surface area (Å²) in [7, 11) is 1.47. The molecule has 22 heavy (non-hydrogen) atoms. The van der Waals surface area contributed by atoms with Crippen LogP contribution in [0, 0.1) is 0 Å². The molecule has 110 valence electrons. The molecule has 0 saturated heterocycles. The molecule has 4 nitrogen and oxygen atoms in total. The smallest absolute Gasteiger partial charge is 0.234 e. The third-order valence-electron chi connectivity index (χ3n) is 3.37. The Bertz CT molecular complexity index is 799. The number of benzene rings is 1. The van der Waals surface area contributed by atoms with Crippen molar-refractivity contribution < 1.29 is 9.53 Å². The Balaban J connectivity index is 2.08. The van der Waals surface area contributed by atoms with Gasteiger partial charge in [-0.2, -0.15) is 0 Å². The molecular weight excluding hydrogens is 344 g/mol. The molecule has 0 fully saturated rings. The van der Waals surface area contributed by atoms with Crippen molar-refractivity contribution in [2.45, 2.75) is 6.92 Å². The molecule has 1 heterocycles. The number of methoxy groups -OCH3 is 1. The largest absolute Gasteiger partial charge is 0.493 e. The highest BCUT2D eigenvalue weighted by molar-refractivity contribution is 9.12. The van der Waals surface area contributed by atoms with E-state index < -0.39 is 0 Å². The Labute approximate surface area is 136 Å². The fourth-order valence-corrected chi connectivity index (χ4v) is 2.71. The number of rotatable bonds is 2. The van der Waals surface area contributed by atoms with Crippen molar-refractivity contribution in [3.8, 4) is 0 Å². The molecule has 1 aromatic rings. The van der Waals surface area contributed by atoms with Crippen LogP contribution in [0.15, 0.2) is 74.1 Å². The second-order valence-electron chi connectivity index (χ2n) is 4.84. The average molecular weight is 357 g/mol. The highest BCUT2D eigenvalue weighted by atomic mass is 79.9. The number of aliphatic imine (C=N–C) groups is 2. The number of hydrogen-bond donors (Lipinski definition) is 0. The maximum atomic E-state index is 11.9. The lowest BCUT2D eigenvalue weighted by atomic mass is 10.1. The number of Topliss-reactive ketones (excluding diaryl/α,β-unsaturated/α-hetero) is 1. The molecule has 0 bridgehead atoms. The zero-order valence-corrected chi connectivity index (χ0v) is 13.7. The van der Waals surface area contributed by atoms with Crippen molar-refractivity contribution in [3.63, 3.8) is 0 Å². The van der Waals surface area contributed by atoms with Gasteiger partial charge in [-0.05, 0) is 35.0 Å². The average Bonchev–Trinajstić information content (AvgIpc) is 2.92. The van der Waals surface area contributed by atoms with Crippen LogP contribution in [-0.2, 0) is 9.53 Å². The maximum absolute atomic E-state index is 11.9. The monoisotopic (exact) mass is 356 g/mol. The number of carbonyl (C=O) groups is 1. The van der Waals surface area contributed by atoms with Gasteiger partial charge in [0.05, 0.1) is 23.0 Å². The highest BCUT2D eigenvalue weighted by Gasteiger charge is 2.23. The zero-order chi connectivity index (χ0) is 15.7. The first-order chi connectivity index (χ1) is 10.6. The summed E-state index contributed by atoms with van der Waals surface area (Å²) < 4.78 is 5.55. The first-order valence-corrected chi connectivity index (χ1v) is 7.51. The van der Waals surface area contributed by atoms with E-state index in [9.17, 15) is 4.79 Å². The van der Waals surface area contributed by atoms with Gasteiger partial charge in [0.2, 0.25) is 5.78 Å².